The van der Waals surface area contributed by atoms with Crippen LogP contribution >= 0.6 is 11.8 Å². The van der Waals surface area contributed by atoms with Crippen LogP contribution in [0.1, 0.15) is 0 Å². The highest BCUT2D eigenvalue weighted by Gasteiger charge is 2.29. The number of carboxylic acids is 1. The molecule has 0 atom stereocenters. The Hall–Kier alpha value is -2.05. The van der Waals surface area contributed by atoms with E-state index >= 15 is 0 Å². The van der Waals surface area contributed by atoms with Gasteiger partial charge in [-0.2, -0.15) is 0 Å². The van der Waals surface area contributed by atoms with Crippen LogP contribution in [0.5, 0.6) is 5.75 Å². The van der Waals surface area contributed by atoms with Gasteiger partial charge in [0, 0.05) is 24.8 Å². The Morgan fingerprint density at radius 3 is 2.52 bits per heavy atom. The lowest BCUT2D eigenvalue weighted by atomic mass is 10.1. The predicted molar refractivity (Wildman–Crippen MR) is 89.9 cm³/mol. The molecule has 1 aliphatic rings. The number of aromatic nitrogens is 1. The van der Waals surface area contributed by atoms with Gasteiger partial charge in [0.2, 0.25) is 0 Å². The maximum Gasteiger partial charge on any atom is 0.317 e. The van der Waals surface area contributed by atoms with Gasteiger partial charge in [-0.3, -0.25) is 9.69 Å². The molecule has 0 radical (unpaired) electrons. The second-order valence-electron chi connectivity index (χ2n) is 5.44. The van der Waals surface area contributed by atoms with Crippen molar-refractivity contribution in [2.75, 3.05) is 25.9 Å². The molecule has 5 nitrogen and oxygen atoms in total. The van der Waals surface area contributed by atoms with Gasteiger partial charge in [0.15, 0.2) is 0 Å². The van der Waals surface area contributed by atoms with Crippen LogP contribution in [0.4, 0.5) is 0 Å². The highest BCUT2D eigenvalue weighted by molar-refractivity contribution is 7.98. The van der Waals surface area contributed by atoms with E-state index in [4.69, 9.17) is 9.84 Å². The summed E-state index contributed by atoms with van der Waals surface area (Å²) in [6.07, 6.45) is 3.95. The standard InChI is InChI=1S/C17H18N2O3S/c1-23-16-7-4-13(8-18-16)12-2-5-14(6-3-12)22-15-9-19(10-15)11-17(20)21/h2-8,15H,9-11H2,1H3,(H,20,21). The van der Waals surface area contributed by atoms with Crippen LogP contribution in [-0.4, -0.2) is 53.0 Å². The molecule has 1 aromatic heterocycles. The van der Waals surface area contributed by atoms with Crippen molar-refractivity contribution < 1.29 is 14.6 Å². The molecule has 3 rings (SSSR count). The molecule has 0 amide bonds. The zero-order valence-electron chi connectivity index (χ0n) is 12.8. The topological polar surface area (TPSA) is 62.7 Å². The number of carbonyl (C=O) groups is 1. The molecule has 0 spiro atoms. The number of rotatable bonds is 6. The Bertz CT molecular complexity index is 667. The number of aliphatic carboxylic acids is 1. The van der Waals surface area contributed by atoms with Crippen LogP contribution in [0.25, 0.3) is 11.1 Å². The first kappa shape index (κ1) is 15.8. The molecule has 6 heteroatoms. The van der Waals surface area contributed by atoms with Gasteiger partial charge in [-0.25, -0.2) is 4.98 Å². The highest BCUT2D eigenvalue weighted by Crippen LogP contribution is 2.25. The fourth-order valence-electron chi connectivity index (χ4n) is 2.51. The van der Waals surface area contributed by atoms with Gasteiger partial charge in [-0.05, 0) is 30.0 Å². The van der Waals surface area contributed by atoms with E-state index in [1.54, 1.807) is 11.8 Å². The number of hydrogen-bond donors (Lipinski definition) is 1. The lowest BCUT2D eigenvalue weighted by Gasteiger charge is -2.37. The molecule has 2 aromatic rings. The first-order valence-corrected chi connectivity index (χ1v) is 8.58. The van der Waals surface area contributed by atoms with Crippen LogP contribution in [0.2, 0.25) is 0 Å². The summed E-state index contributed by atoms with van der Waals surface area (Å²) in [5.74, 6) is 0.0105. The Kier molecular flexibility index (Phi) is 4.83. The molecule has 1 fully saturated rings. The summed E-state index contributed by atoms with van der Waals surface area (Å²) in [4.78, 5) is 16.8. The quantitative estimate of drug-likeness (QED) is 0.822. The lowest BCUT2D eigenvalue weighted by Crippen LogP contribution is -2.55. The SMILES string of the molecule is CSc1ccc(-c2ccc(OC3CN(CC(=O)O)C3)cc2)cn1. The Morgan fingerprint density at radius 2 is 1.96 bits per heavy atom. The van der Waals surface area contributed by atoms with Crippen LogP contribution in [0.3, 0.4) is 0 Å². The maximum absolute atomic E-state index is 10.6. The number of nitrogens with zero attached hydrogens (tertiary/aromatic N) is 2. The second-order valence-corrected chi connectivity index (χ2v) is 6.27. The van der Waals surface area contributed by atoms with Gasteiger partial charge < -0.3 is 9.84 Å². The van der Waals surface area contributed by atoms with Crippen molar-refractivity contribution in [3.8, 4) is 16.9 Å². The number of likely N-dealkylation sites (tertiary alicyclic amines) is 1. The van der Waals surface area contributed by atoms with E-state index in [2.05, 4.69) is 11.1 Å². The smallest absolute Gasteiger partial charge is 0.317 e. The summed E-state index contributed by atoms with van der Waals surface area (Å²) in [7, 11) is 0. The molecule has 0 unspecified atom stereocenters. The molecular weight excluding hydrogens is 312 g/mol. The third-order valence-corrected chi connectivity index (χ3v) is 4.38. The van der Waals surface area contributed by atoms with Gasteiger partial charge in [0.25, 0.3) is 0 Å². The van der Waals surface area contributed by atoms with E-state index in [0.29, 0.717) is 13.1 Å². The zero-order valence-corrected chi connectivity index (χ0v) is 13.6. The zero-order chi connectivity index (χ0) is 16.2. The van der Waals surface area contributed by atoms with Crippen molar-refractivity contribution in [3.63, 3.8) is 0 Å². The van der Waals surface area contributed by atoms with Crippen LogP contribution in [0, 0.1) is 0 Å². The lowest BCUT2D eigenvalue weighted by molar-refractivity contribution is -0.140. The van der Waals surface area contributed by atoms with Crippen molar-refractivity contribution in [2.24, 2.45) is 0 Å². The molecule has 1 aliphatic heterocycles. The number of benzene rings is 1. The minimum atomic E-state index is -0.797. The first-order chi connectivity index (χ1) is 11.1. The van der Waals surface area contributed by atoms with Gasteiger partial charge in [0.1, 0.15) is 11.9 Å². The van der Waals surface area contributed by atoms with E-state index < -0.39 is 5.97 Å². The van der Waals surface area contributed by atoms with Gasteiger partial charge in [-0.15, -0.1) is 11.8 Å². The number of ether oxygens (including phenoxy) is 1. The minimum absolute atomic E-state index is 0.0720. The van der Waals surface area contributed by atoms with E-state index in [1.165, 1.54) is 0 Å². The molecule has 1 saturated heterocycles. The molecule has 0 saturated carbocycles. The fourth-order valence-corrected chi connectivity index (χ4v) is 2.87. The minimum Gasteiger partial charge on any atom is -0.488 e. The third-order valence-electron chi connectivity index (χ3n) is 3.72. The third kappa shape index (κ3) is 4.03. The monoisotopic (exact) mass is 330 g/mol. The summed E-state index contributed by atoms with van der Waals surface area (Å²) < 4.78 is 5.84. The van der Waals surface area contributed by atoms with Crippen molar-refractivity contribution in [2.45, 2.75) is 11.1 Å². The molecule has 0 aliphatic carbocycles. The second kappa shape index (κ2) is 7.02. The van der Waals surface area contributed by atoms with Gasteiger partial charge in [0.05, 0.1) is 11.6 Å². The van der Waals surface area contributed by atoms with Crippen LogP contribution in [0.15, 0.2) is 47.6 Å². The Balaban J connectivity index is 1.56. The summed E-state index contributed by atoms with van der Waals surface area (Å²) in [5.41, 5.74) is 2.17. The average Bonchev–Trinajstić information content (AvgIpc) is 2.53. The average molecular weight is 330 g/mol. The number of hydrogen-bond acceptors (Lipinski definition) is 5. The Morgan fingerprint density at radius 1 is 1.26 bits per heavy atom. The molecule has 0 bridgehead atoms. The van der Waals surface area contributed by atoms with Crippen molar-refractivity contribution >= 4 is 17.7 Å². The largest absolute Gasteiger partial charge is 0.488 e. The molecule has 120 valence electrons. The van der Waals surface area contributed by atoms with Crippen LogP contribution < -0.4 is 4.74 Å². The molecule has 2 heterocycles. The summed E-state index contributed by atoms with van der Waals surface area (Å²) in [5, 5.41) is 9.71. The number of carboxylic acid groups (broad SMARTS) is 1. The van der Waals surface area contributed by atoms with E-state index in [0.717, 1.165) is 21.9 Å². The van der Waals surface area contributed by atoms with Gasteiger partial charge >= 0.3 is 5.97 Å². The summed E-state index contributed by atoms with van der Waals surface area (Å²) in [6.45, 7) is 1.40. The fraction of sp³-hybridized carbons (Fsp3) is 0.294. The first-order valence-electron chi connectivity index (χ1n) is 7.35. The number of thioether (sulfide) groups is 1. The van der Waals surface area contributed by atoms with E-state index in [9.17, 15) is 4.79 Å². The summed E-state index contributed by atoms with van der Waals surface area (Å²) in [6, 6.07) is 12.0. The molecular formula is C17H18N2O3S. The van der Waals surface area contributed by atoms with E-state index in [-0.39, 0.29) is 12.6 Å². The summed E-state index contributed by atoms with van der Waals surface area (Å²) >= 11 is 1.62. The van der Waals surface area contributed by atoms with Crippen LogP contribution in [-0.2, 0) is 4.79 Å². The molecule has 1 N–H and O–H groups in total. The highest BCUT2D eigenvalue weighted by atomic mass is 32.2. The molecule has 1 aromatic carbocycles. The van der Waals surface area contributed by atoms with Crippen molar-refractivity contribution in [1.29, 1.82) is 0 Å². The molecule has 23 heavy (non-hydrogen) atoms. The van der Waals surface area contributed by atoms with Gasteiger partial charge in [-0.1, -0.05) is 18.2 Å². The maximum atomic E-state index is 10.6. The van der Waals surface area contributed by atoms with E-state index in [1.807, 2.05) is 47.7 Å². The van der Waals surface area contributed by atoms with Crippen molar-refractivity contribution in [3.05, 3.63) is 42.6 Å². The number of pyridine rings is 1. The Labute approximate surface area is 139 Å². The van der Waals surface area contributed by atoms with Crippen molar-refractivity contribution in [1.82, 2.24) is 9.88 Å². The normalized spacial score (nSPS) is 15.2. The predicted octanol–water partition coefficient (Wildman–Crippen LogP) is 2.62.